The van der Waals surface area contributed by atoms with E-state index in [2.05, 4.69) is 39.9 Å². The van der Waals surface area contributed by atoms with E-state index in [0.29, 0.717) is 11.4 Å². The van der Waals surface area contributed by atoms with Gasteiger partial charge in [0.05, 0.1) is 16.6 Å². The van der Waals surface area contributed by atoms with Gasteiger partial charge >= 0.3 is 0 Å². The van der Waals surface area contributed by atoms with Crippen molar-refractivity contribution in [3.05, 3.63) is 59.7 Å². The van der Waals surface area contributed by atoms with Crippen molar-refractivity contribution in [1.82, 2.24) is 24.8 Å². The van der Waals surface area contributed by atoms with Crippen LogP contribution in [0.15, 0.2) is 42.9 Å². The summed E-state index contributed by atoms with van der Waals surface area (Å²) in [6.07, 6.45) is 6.44. The Morgan fingerprint density at radius 2 is 1.90 bits per heavy atom. The van der Waals surface area contributed by atoms with Crippen molar-refractivity contribution in [2.24, 2.45) is 0 Å². The third-order valence-electron chi connectivity index (χ3n) is 5.73. The molecule has 30 heavy (non-hydrogen) atoms. The van der Waals surface area contributed by atoms with Crippen LogP contribution in [0.1, 0.15) is 16.8 Å². The minimum Gasteiger partial charge on any atom is -0.398 e. The fourth-order valence-corrected chi connectivity index (χ4v) is 4.15. The minimum atomic E-state index is 0.209. The Bertz CT molecular complexity index is 1280. The number of rotatable bonds is 2. The second-order valence-corrected chi connectivity index (χ2v) is 7.86. The highest BCUT2D eigenvalue weighted by Gasteiger charge is 2.20. The molecule has 4 N–H and O–H groups in total. The quantitative estimate of drug-likeness (QED) is 0.500. The van der Waals surface area contributed by atoms with Crippen molar-refractivity contribution < 1.29 is 0 Å². The monoisotopic (exact) mass is 397 g/mol. The summed E-state index contributed by atoms with van der Waals surface area (Å²) in [4.78, 5) is 20.4. The molecule has 150 valence electrons. The number of aromatic nitrogens is 4. The number of nitrogens with two attached hydrogens (primary N) is 2. The van der Waals surface area contributed by atoms with Crippen LogP contribution < -0.4 is 11.5 Å². The maximum atomic E-state index is 6.42. The molecule has 7 heteroatoms. The number of nitrogens with zero attached hydrogens (tertiary/aromatic N) is 5. The topological polar surface area (TPSA) is 107 Å². The zero-order chi connectivity index (χ0) is 20.8. The van der Waals surface area contributed by atoms with E-state index < -0.39 is 0 Å². The van der Waals surface area contributed by atoms with Gasteiger partial charge in [-0.3, -0.25) is 9.97 Å². The zero-order valence-corrected chi connectivity index (χ0v) is 17.1. The number of nitrogen functional groups attached to an aromatic ring is 2. The molecule has 1 aliphatic heterocycles. The minimum absolute atomic E-state index is 0.209. The van der Waals surface area contributed by atoms with Crippen LogP contribution in [0.4, 0.5) is 11.6 Å². The highest BCUT2D eigenvalue weighted by Crippen LogP contribution is 2.38. The molecule has 4 aromatic rings. The first-order chi connectivity index (χ1) is 14.5. The van der Waals surface area contributed by atoms with Gasteiger partial charge in [0, 0.05) is 66.2 Å². The Morgan fingerprint density at radius 1 is 1.03 bits per heavy atom. The van der Waals surface area contributed by atoms with Gasteiger partial charge in [-0.05, 0) is 43.3 Å². The summed E-state index contributed by atoms with van der Waals surface area (Å²) in [5.74, 6) is 0.209. The molecule has 3 aromatic heterocycles. The third-order valence-corrected chi connectivity index (χ3v) is 5.73. The number of hydrogen-bond donors (Lipinski definition) is 2. The van der Waals surface area contributed by atoms with E-state index in [1.165, 1.54) is 5.56 Å². The van der Waals surface area contributed by atoms with E-state index in [1.54, 1.807) is 6.20 Å². The molecule has 0 aliphatic carbocycles. The van der Waals surface area contributed by atoms with E-state index in [-0.39, 0.29) is 5.95 Å². The number of aryl methyl sites for hydroxylation is 1. The second-order valence-electron chi connectivity index (χ2n) is 7.86. The average Bonchev–Trinajstić information content (AvgIpc) is 2.73. The van der Waals surface area contributed by atoms with E-state index in [1.807, 2.05) is 30.6 Å². The average molecular weight is 397 g/mol. The molecule has 0 spiro atoms. The second kappa shape index (κ2) is 7.03. The molecular formula is C23H23N7. The molecule has 0 amide bonds. The molecule has 0 radical (unpaired) electrons. The summed E-state index contributed by atoms with van der Waals surface area (Å²) in [5, 5.41) is 0.788. The molecule has 1 aliphatic rings. The van der Waals surface area contributed by atoms with Crippen molar-refractivity contribution >= 4 is 22.5 Å². The highest BCUT2D eigenvalue weighted by molar-refractivity contribution is 6.07. The van der Waals surface area contributed by atoms with Gasteiger partial charge in [0.25, 0.3) is 0 Å². The summed E-state index contributed by atoms with van der Waals surface area (Å²) in [5.41, 5.74) is 20.9. The number of likely N-dealkylation sites (N-methyl/N-ethyl adjacent to an activating group) is 1. The normalized spacial score (nSPS) is 14.1. The van der Waals surface area contributed by atoms with Crippen LogP contribution in [-0.2, 0) is 13.0 Å². The molecule has 0 atom stereocenters. The lowest BCUT2D eigenvalue weighted by Gasteiger charge is -2.24. The molecular weight excluding hydrogens is 374 g/mol. The number of hydrogen-bond acceptors (Lipinski definition) is 7. The third kappa shape index (κ3) is 3.04. The first-order valence-electron chi connectivity index (χ1n) is 9.94. The fourth-order valence-electron chi connectivity index (χ4n) is 4.15. The summed E-state index contributed by atoms with van der Waals surface area (Å²) in [6, 6.07) is 8.00. The van der Waals surface area contributed by atoms with Gasteiger partial charge in [0.15, 0.2) is 0 Å². The van der Waals surface area contributed by atoms with Crippen LogP contribution in [0.25, 0.3) is 33.3 Å². The molecule has 0 saturated heterocycles. The molecule has 0 fully saturated rings. The standard InChI is InChI=1S/C23H23N7/c1-13-5-7-26-11-17(13)16-3-4-18(24)20-21(28-23(25)29-22(16)20)14-9-15-12-30(2)8-6-19(15)27-10-14/h3-5,7,9-11H,6,8,12,24H2,1-2H3,(H2,25,28,29). The largest absolute Gasteiger partial charge is 0.398 e. The number of fused-ring (bicyclic) bond motifs is 2. The molecule has 0 saturated carbocycles. The lowest BCUT2D eigenvalue weighted by Crippen LogP contribution is -2.27. The van der Waals surface area contributed by atoms with E-state index in [4.69, 9.17) is 16.5 Å². The van der Waals surface area contributed by atoms with E-state index in [0.717, 1.165) is 58.4 Å². The summed E-state index contributed by atoms with van der Waals surface area (Å²) >= 11 is 0. The molecule has 7 nitrogen and oxygen atoms in total. The SMILES string of the molecule is Cc1ccncc1-c1ccc(N)c2c(-c3cnc4c(c3)CN(C)CC4)nc(N)nc12. The maximum absolute atomic E-state index is 6.42. The van der Waals surface area contributed by atoms with Gasteiger partial charge in [0.2, 0.25) is 5.95 Å². The van der Waals surface area contributed by atoms with Crippen LogP contribution >= 0.6 is 0 Å². The Labute approximate surface area is 174 Å². The summed E-state index contributed by atoms with van der Waals surface area (Å²) in [6.45, 7) is 3.93. The van der Waals surface area contributed by atoms with E-state index in [9.17, 15) is 0 Å². The van der Waals surface area contributed by atoms with Crippen molar-refractivity contribution in [2.45, 2.75) is 19.9 Å². The molecule has 0 unspecified atom stereocenters. The Morgan fingerprint density at radius 3 is 2.73 bits per heavy atom. The number of benzene rings is 1. The van der Waals surface area contributed by atoms with Crippen LogP contribution in [-0.4, -0.2) is 38.4 Å². The smallest absolute Gasteiger partial charge is 0.221 e. The van der Waals surface area contributed by atoms with Gasteiger partial charge in [0.1, 0.15) is 0 Å². The summed E-state index contributed by atoms with van der Waals surface area (Å²) in [7, 11) is 2.12. The molecule has 0 bridgehead atoms. The first kappa shape index (κ1) is 18.4. The maximum Gasteiger partial charge on any atom is 0.221 e. The lowest BCUT2D eigenvalue weighted by atomic mass is 9.96. The molecule has 4 heterocycles. The van der Waals surface area contributed by atoms with Crippen LogP contribution in [0.3, 0.4) is 0 Å². The molecule has 5 rings (SSSR count). The van der Waals surface area contributed by atoms with Crippen molar-refractivity contribution in [3.63, 3.8) is 0 Å². The van der Waals surface area contributed by atoms with Crippen molar-refractivity contribution in [2.75, 3.05) is 25.1 Å². The lowest BCUT2D eigenvalue weighted by molar-refractivity contribution is 0.310. The van der Waals surface area contributed by atoms with Gasteiger partial charge in [-0.2, -0.15) is 0 Å². The van der Waals surface area contributed by atoms with Gasteiger partial charge in [-0.1, -0.05) is 6.07 Å². The summed E-state index contributed by atoms with van der Waals surface area (Å²) < 4.78 is 0. The van der Waals surface area contributed by atoms with Crippen LogP contribution in [0, 0.1) is 6.92 Å². The fraction of sp³-hybridized carbons (Fsp3) is 0.217. The molecule has 1 aromatic carbocycles. The first-order valence-corrected chi connectivity index (χ1v) is 9.94. The number of anilines is 2. The highest BCUT2D eigenvalue weighted by atomic mass is 15.1. The number of pyridine rings is 2. The predicted octanol–water partition coefficient (Wildman–Crippen LogP) is 3.21. The Hall–Kier alpha value is -3.58. The van der Waals surface area contributed by atoms with Gasteiger partial charge < -0.3 is 16.4 Å². The van der Waals surface area contributed by atoms with Crippen molar-refractivity contribution in [1.29, 1.82) is 0 Å². The predicted molar refractivity (Wildman–Crippen MR) is 120 cm³/mol. The Balaban J connectivity index is 1.77. The van der Waals surface area contributed by atoms with Gasteiger partial charge in [-0.25, -0.2) is 9.97 Å². The van der Waals surface area contributed by atoms with Crippen LogP contribution in [0.5, 0.6) is 0 Å². The van der Waals surface area contributed by atoms with Crippen molar-refractivity contribution in [3.8, 4) is 22.4 Å². The van der Waals surface area contributed by atoms with Crippen LogP contribution in [0.2, 0.25) is 0 Å². The Kier molecular flexibility index (Phi) is 4.33. The van der Waals surface area contributed by atoms with E-state index >= 15 is 0 Å². The van der Waals surface area contributed by atoms with Gasteiger partial charge in [-0.15, -0.1) is 0 Å². The zero-order valence-electron chi connectivity index (χ0n) is 17.1.